The van der Waals surface area contributed by atoms with E-state index >= 15 is 0 Å². The summed E-state index contributed by atoms with van der Waals surface area (Å²) in [7, 11) is 0. The van der Waals surface area contributed by atoms with Gasteiger partial charge in [-0.1, -0.05) is 41.9 Å². The third-order valence-corrected chi connectivity index (χ3v) is 5.39. The molecule has 0 spiro atoms. The van der Waals surface area contributed by atoms with Gasteiger partial charge < -0.3 is 9.30 Å². The van der Waals surface area contributed by atoms with Gasteiger partial charge in [-0.2, -0.15) is 5.10 Å². The van der Waals surface area contributed by atoms with E-state index in [2.05, 4.69) is 17.6 Å². The topological polar surface area (TPSA) is 55.6 Å². The van der Waals surface area contributed by atoms with Crippen molar-refractivity contribution in [3.05, 3.63) is 88.2 Å². The van der Waals surface area contributed by atoms with Crippen LogP contribution in [0.25, 0.3) is 0 Å². The summed E-state index contributed by atoms with van der Waals surface area (Å²) < 4.78 is 7.38. The van der Waals surface area contributed by atoms with Crippen LogP contribution in [0.2, 0.25) is 5.02 Å². The number of ether oxygens (including phenoxy) is 1. The molecule has 1 N–H and O–H groups in total. The fraction of sp³-hybridized carbons (Fsp3) is 0.250. The predicted molar refractivity (Wildman–Crippen MR) is 120 cm³/mol. The van der Waals surface area contributed by atoms with Crippen molar-refractivity contribution in [2.45, 2.75) is 32.7 Å². The van der Waals surface area contributed by atoms with Gasteiger partial charge in [0.25, 0.3) is 0 Å². The van der Waals surface area contributed by atoms with Crippen LogP contribution in [-0.4, -0.2) is 22.9 Å². The molecule has 0 saturated heterocycles. The lowest BCUT2D eigenvalue weighted by Crippen LogP contribution is -2.21. The smallest absolute Gasteiger partial charge is 0.354 e. The highest BCUT2D eigenvalue weighted by Crippen LogP contribution is 2.28. The maximum Gasteiger partial charge on any atom is 0.354 e. The molecule has 1 aliphatic carbocycles. The SMILES string of the molecule is CCOC(=O)c1cc2c(n1Cc1ccccc1)/C(=N/Nc1ccc(Cl)cc1)CCC2. The van der Waals surface area contributed by atoms with Crippen LogP contribution in [-0.2, 0) is 17.7 Å². The van der Waals surface area contributed by atoms with Crippen molar-refractivity contribution in [1.82, 2.24) is 4.57 Å². The van der Waals surface area contributed by atoms with E-state index in [4.69, 9.17) is 21.4 Å². The van der Waals surface area contributed by atoms with Crippen LogP contribution in [0, 0.1) is 0 Å². The first kappa shape index (κ1) is 20.2. The van der Waals surface area contributed by atoms with E-state index in [1.807, 2.05) is 60.0 Å². The molecule has 2 aromatic carbocycles. The zero-order valence-electron chi connectivity index (χ0n) is 16.9. The lowest BCUT2D eigenvalue weighted by molar-refractivity contribution is 0.0514. The number of benzene rings is 2. The van der Waals surface area contributed by atoms with Gasteiger partial charge in [-0.25, -0.2) is 4.79 Å². The molecule has 154 valence electrons. The Morgan fingerprint density at radius 3 is 2.63 bits per heavy atom. The van der Waals surface area contributed by atoms with Gasteiger partial charge in [0.2, 0.25) is 0 Å². The second-order valence-electron chi connectivity index (χ2n) is 7.23. The fourth-order valence-corrected chi connectivity index (χ4v) is 3.90. The molecule has 5 nitrogen and oxygen atoms in total. The van der Waals surface area contributed by atoms with Gasteiger partial charge in [0, 0.05) is 11.6 Å². The number of halogens is 1. The maximum atomic E-state index is 12.7. The zero-order valence-corrected chi connectivity index (χ0v) is 17.7. The van der Waals surface area contributed by atoms with Crippen molar-refractivity contribution in [2.24, 2.45) is 5.10 Å². The van der Waals surface area contributed by atoms with Crippen molar-refractivity contribution < 1.29 is 9.53 Å². The number of anilines is 1. The minimum Gasteiger partial charge on any atom is -0.461 e. The first-order valence-electron chi connectivity index (χ1n) is 10.2. The number of carbonyl (C=O) groups is 1. The molecule has 1 aliphatic rings. The summed E-state index contributed by atoms with van der Waals surface area (Å²) in [6, 6.07) is 19.5. The highest BCUT2D eigenvalue weighted by molar-refractivity contribution is 6.30. The molecule has 0 saturated carbocycles. The Morgan fingerprint density at radius 1 is 1.13 bits per heavy atom. The first-order valence-corrected chi connectivity index (χ1v) is 10.6. The van der Waals surface area contributed by atoms with Crippen molar-refractivity contribution in [2.75, 3.05) is 12.0 Å². The maximum absolute atomic E-state index is 12.7. The Bertz CT molecular complexity index is 1060. The Hall–Kier alpha value is -3.05. The van der Waals surface area contributed by atoms with Gasteiger partial charge in [-0.05, 0) is 67.6 Å². The molecule has 6 heteroatoms. The summed E-state index contributed by atoms with van der Waals surface area (Å²) in [5.74, 6) is -0.298. The highest BCUT2D eigenvalue weighted by atomic mass is 35.5. The number of hydrogen-bond acceptors (Lipinski definition) is 4. The van der Waals surface area contributed by atoms with E-state index in [0.717, 1.165) is 47.5 Å². The predicted octanol–water partition coefficient (Wildman–Crippen LogP) is 5.52. The molecule has 4 rings (SSSR count). The van der Waals surface area contributed by atoms with E-state index in [0.29, 0.717) is 23.9 Å². The molecule has 1 aromatic heterocycles. The summed E-state index contributed by atoms with van der Waals surface area (Å²) in [5.41, 5.74) is 8.79. The lowest BCUT2D eigenvalue weighted by atomic mass is 9.96. The summed E-state index contributed by atoms with van der Waals surface area (Å²) >= 11 is 5.97. The van der Waals surface area contributed by atoms with Crippen LogP contribution in [0.1, 0.15) is 47.1 Å². The Labute approximate surface area is 181 Å². The number of aryl methyl sites for hydroxylation is 1. The van der Waals surface area contributed by atoms with E-state index in [1.54, 1.807) is 0 Å². The van der Waals surface area contributed by atoms with Gasteiger partial charge in [-0.3, -0.25) is 5.43 Å². The van der Waals surface area contributed by atoms with E-state index in [9.17, 15) is 4.79 Å². The normalized spacial score (nSPS) is 14.4. The third kappa shape index (κ3) is 4.41. The molecule has 30 heavy (non-hydrogen) atoms. The molecule has 0 bridgehead atoms. The number of carbonyl (C=O) groups excluding carboxylic acids is 1. The number of aromatic nitrogens is 1. The minimum atomic E-state index is -0.298. The second kappa shape index (κ2) is 9.18. The zero-order chi connectivity index (χ0) is 20.9. The van der Waals surface area contributed by atoms with Crippen molar-refractivity contribution in [3.8, 4) is 0 Å². The van der Waals surface area contributed by atoms with E-state index in [-0.39, 0.29) is 5.97 Å². The molecule has 0 radical (unpaired) electrons. The molecule has 0 amide bonds. The van der Waals surface area contributed by atoms with Gasteiger partial charge in [-0.15, -0.1) is 0 Å². The summed E-state index contributed by atoms with van der Waals surface area (Å²) in [5, 5.41) is 5.38. The lowest BCUT2D eigenvalue weighted by Gasteiger charge is -2.19. The number of fused-ring (bicyclic) bond motifs is 1. The average Bonchev–Trinajstić information content (AvgIpc) is 3.13. The number of esters is 1. The standard InChI is InChI=1S/C24H24ClN3O2/c1-2-30-24(29)22-15-18-9-6-10-21(27-26-20-13-11-19(25)12-14-20)23(18)28(22)16-17-7-4-3-5-8-17/h3-5,7-8,11-15,26H,2,6,9-10,16H2,1H3/b27-21+. The molecule has 0 atom stereocenters. The molecule has 0 unspecified atom stereocenters. The van der Waals surface area contributed by atoms with Crippen LogP contribution >= 0.6 is 11.6 Å². The quantitative estimate of drug-likeness (QED) is 0.421. The molecule has 0 fully saturated rings. The number of rotatable bonds is 6. The first-order chi connectivity index (χ1) is 14.7. The molecular formula is C24H24ClN3O2. The van der Waals surface area contributed by atoms with Crippen molar-refractivity contribution in [3.63, 3.8) is 0 Å². The van der Waals surface area contributed by atoms with Gasteiger partial charge in [0.05, 0.1) is 23.7 Å². The third-order valence-electron chi connectivity index (χ3n) is 5.14. The van der Waals surface area contributed by atoms with E-state index in [1.165, 1.54) is 0 Å². The van der Waals surface area contributed by atoms with E-state index < -0.39 is 0 Å². The average molecular weight is 422 g/mol. The summed E-state index contributed by atoms with van der Waals surface area (Å²) in [4.78, 5) is 12.7. The van der Waals surface area contributed by atoms with Gasteiger partial charge in [0.1, 0.15) is 5.69 Å². The Balaban J connectivity index is 1.73. The van der Waals surface area contributed by atoms with Gasteiger partial charge >= 0.3 is 5.97 Å². The largest absolute Gasteiger partial charge is 0.461 e. The monoisotopic (exact) mass is 421 g/mol. The van der Waals surface area contributed by atoms with Crippen molar-refractivity contribution >= 4 is 29.0 Å². The van der Waals surface area contributed by atoms with Crippen LogP contribution < -0.4 is 5.43 Å². The highest BCUT2D eigenvalue weighted by Gasteiger charge is 2.26. The van der Waals surface area contributed by atoms with Crippen LogP contribution in [0.15, 0.2) is 65.8 Å². The summed E-state index contributed by atoms with van der Waals surface area (Å²) in [6.07, 6.45) is 2.75. The van der Waals surface area contributed by atoms with Gasteiger partial charge in [0.15, 0.2) is 0 Å². The number of nitrogens with one attached hydrogen (secondary N) is 1. The summed E-state index contributed by atoms with van der Waals surface area (Å²) in [6.45, 7) is 2.76. The van der Waals surface area contributed by atoms with Crippen LogP contribution in [0.3, 0.4) is 0 Å². The molecule has 1 heterocycles. The Morgan fingerprint density at radius 2 is 1.90 bits per heavy atom. The second-order valence-corrected chi connectivity index (χ2v) is 7.66. The number of nitrogens with zero attached hydrogens (tertiary/aromatic N) is 2. The minimum absolute atomic E-state index is 0.298. The van der Waals surface area contributed by atoms with Crippen molar-refractivity contribution in [1.29, 1.82) is 0 Å². The number of hydrogen-bond donors (Lipinski definition) is 1. The molecular weight excluding hydrogens is 398 g/mol. The molecule has 3 aromatic rings. The number of hydrazone groups is 1. The van der Waals surface area contributed by atoms with Crippen LogP contribution in [0.4, 0.5) is 5.69 Å². The fourth-order valence-electron chi connectivity index (χ4n) is 3.77. The van der Waals surface area contributed by atoms with Crippen LogP contribution in [0.5, 0.6) is 0 Å². The Kier molecular flexibility index (Phi) is 6.19. The molecule has 0 aliphatic heterocycles.